The Labute approximate surface area is 113 Å². The number of nitrogens with two attached hydrogens (primary N) is 1. The first-order valence-corrected chi connectivity index (χ1v) is 6.41. The summed E-state index contributed by atoms with van der Waals surface area (Å²) in [5.74, 6) is 5.83. The number of hydrogen-bond donors (Lipinski definition) is 3. The molecule has 0 aliphatic carbocycles. The minimum atomic E-state index is -0.475. The number of thiophene rings is 1. The molecule has 4 N–H and O–H groups in total. The maximum absolute atomic E-state index is 11.0. The van der Waals surface area contributed by atoms with Gasteiger partial charge < -0.3 is 10.7 Å². The molecule has 0 saturated carbocycles. The second-order valence-electron chi connectivity index (χ2n) is 3.85. The van der Waals surface area contributed by atoms with Crippen molar-refractivity contribution in [1.82, 2.24) is 4.98 Å². The molecule has 8 heteroatoms. The molecule has 0 fully saturated rings. The van der Waals surface area contributed by atoms with E-state index in [0.717, 1.165) is 4.88 Å². The van der Waals surface area contributed by atoms with E-state index in [0.29, 0.717) is 5.82 Å². The first-order chi connectivity index (χ1) is 9.11. The number of nitrogen functional groups attached to an aromatic ring is 1. The Kier molecular flexibility index (Phi) is 3.93. The van der Waals surface area contributed by atoms with E-state index >= 15 is 0 Å². The fraction of sp³-hybridized carbons (Fsp3) is 0.182. The molecule has 19 heavy (non-hydrogen) atoms. The quantitative estimate of drug-likeness (QED) is 0.441. The average molecular weight is 279 g/mol. The van der Waals surface area contributed by atoms with E-state index in [1.54, 1.807) is 11.3 Å². The number of nitrogens with one attached hydrogen (secondary N) is 2. The van der Waals surface area contributed by atoms with Crippen LogP contribution < -0.4 is 16.6 Å². The lowest BCUT2D eigenvalue weighted by Crippen LogP contribution is -2.12. The fourth-order valence-corrected chi connectivity index (χ4v) is 2.33. The Bertz CT molecular complexity index is 572. The van der Waals surface area contributed by atoms with Crippen LogP contribution >= 0.6 is 11.3 Å². The van der Waals surface area contributed by atoms with Gasteiger partial charge in [-0.3, -0.25) is 10.1 Å². The summed E-state index contributed by atoms with van der Waals surface area (Å²) < 4.78 is 0. The van der Waals surface area contributed by atoms with Crippen molar-refractivity contribution >= 4 is 28.7 Å². The van der Waals surface area contributed by atoms with Crippen molar-refractivity contribution in [3.63, 3.8) is 0 Å². The Hall–Kier alpha value is -2.19. The Morgan fingerprint density at radius 3 is 2.84 bits per heavy atom. The lowest BCUT2D eigenvalue weighted by atomic mass is 10.2. The van der Waals surface area contributed by atoms with Gasteiger partial charge in [0.05, 0.1) is 11.0 Å². The van der Waals surface area contributed by atoms with Gasteiger partial charge >= 0.3 is 5.69 Å². The SMILES string of the molecule is CC(Nc1nc(NN)ccc1[N+](=O)[O-])c1cccs1. The fourth-order valence-electron chi connectivity index (χ4n) is 1.60. The molecule has 0 aliphatic rings. The highest BCUT2D eigenvalue weighted by atomic mass is 32.1. The second-order valence-corrected chi connectivity index (χ2v) is 4.83. The minimum absolute atomic E-state index is 0.0702. The zero-order valence-corrected chi connectivity index (χ0v) is 11.0. The topological polar surface area (TPSA) is 106 Å². The predicted molar refractivity (Wildman–Crippen MR) is 75.1 cm³/mol. The monoisotopic (exact) mass is 279 g/mol. The maximum atomic E-state index is 11.0. The Morgan fingerprint density at radius 2 is 2.26 bits per heavy atom. The van der Waals surface area contributed by atoms with E-state index < -0.39 is 4.92 Å². The lowest BCUT2D eigenvalue weighted by Gasteiger charge is -2.13. The molecule has 2 rings (SSSR count). The molecule has 0 bridgehead atoms. The van der Waals surface area contributed by atoms with E-state index in [1.807, 2.05) is 24.4 Å². The van der Waals surface area contributed by atoms with Gasteiger partial charge in [0.25, 0.3) is 0 Å². The van der Waals surface area contributed by atoms with Crippen LogP contribution in [-0.2, 0) is 0 Å². The van der Waals surface area contributed by atoms with Crippen LogP contribution in [0.25, 0.3) is 0 Å². The summed E-state index contributed by atoms with van der Waals surface area (Å²) in [6.07, 6.45) is 0. The summed E-state index contributed by atoms with van der Waals surface area (Å²) in [6, 6.07) is 6.64. The third-order valence-corrected chi connectivity index (χ3v) is 3.60. The van der Waals surface area contributed by atoms with Gasteiger partial charge in [0.15, 0.2) is 0 Å². The first kappa shape index (κ1) is 13.2. The zero-order valence-electron chi connectivity index (χ0n) is 10.2. The third kappa shape index (κ3) is 2.98. The molecule has 0 radical (unpaired) electrons. The minimum Gasteiger partial charge on any atom is -0.357 e. The van der Waals surface area contributed by atoms with E-state index in [2.05, 4.69) is 15.7 Å². The van der Waals surface area contributed by atoms with Gasteiger partial charge in [0.2, 0.25) is 5.82 Å². The lowest BCUT2D eigenvalue weighted by molar-refractivity contribution is -0.384. The highest BCUT2D eigenvalue weighted by Gasteiger charge is 2.18. The van der Waals surface area contributed by atoms with Crippen LogP contribution in [0, 0.1) is 10.1 Å². The standard InChI is InChI=1S/C11H13N5O2S/c1-7(9-3-2-6-19-9)13-11-8(16(17)18)4-5-10(14-11)15-12/h2-7H,12H2,1H3,(H2,13,14,15). The molecule has 7 nitrogen and oxygen atoms in total. The summed E-state index contributed by atoms with van der Waals surface area (Å²) in [7, 11) is 0. The van der Waals surface area contributed by atoms with Gasteiger partial charge in [0, 0.05) is 10.9 Å². The summed E-state index contributed by atoms with van der Waals surface area (Å²) in [6.45, 7) is 1.92. The molecule has 2 aromatic rings. The highest BCUT2D eigenvalue weighted by Crippen LogP contribution is 2.29. The number of pyridine rings is 1. The number of rotatable bonds is 5. The number of hydrogen-bond acceptors (Lipinski definition) is 7. The van der Waals surface area contributed by atoms with Crippen LogP contribution in [-0.4, -0.2) is 9.91 Å². The van der Waals surface area contributed by atoms with Crippen molar-refractivity contribution in [2.75, 3.05) is 10.7 Å². The molecular weight excluding hydrogens is 266 g/mol. The van der Waals surface area contributed by atoms with Crippen molar-refractivity contribution in [3.05, 3.63) is 44.6 Å². The van der Waals surface area contributed by atoms with Crippen LogP contribution in [0.15, 0.2) is 29.6 Å². The molecule has 1 atom stereocenters. The van der Waals surface area contributed by atoms with Crippen LogP contribution in [0.3, 0.4) is 0 Å². The van der Waals surface area contributed by atoms with Gasteiger partial charge in [-0.05, 0) is 24.4 Å². The van der Waals surface area contributed by atoms with Crippen molar-refractivity contribution < 1.29 is 4.92 Å². The summed E-state index contributed by atoms with van der Waals surface area (Å²) in [5.41, 5.74) is 2.29. The van der Waals surface area contributed by atoms with Crippen LogP contribution in [0.5, 0.6) is 0 Å². The largest absolute Gasteiger partial charge is 0.357 e. The van der Waals surface area contributed by atoms with Gasteiger partial charge in [-0.2, -0.15) is 0 Å². The number of hydrazine groups is 1. The predicted octanol–water partition coefficient (Wildman–Crippen LogP) is 2.51. The molecular formula is C11H13N5O2S. The summed E-state index contributed by atoms with van der Waals surface area (Å²) >= 11 is 1.57. The molecule has 0 aromatic carbocycles. The second kappa shape index (κ2) is 5.63. The van der Waals surface area contributed by atoms with Gasteiger partial charge in [-0.1, -0.05) is 6.07 Å². The van der Waals surface area contributed by atoms with Crippen molar-refractivity contribution in [2.24, 2.45) is 5.84 Å². The van der Waals surface area contributed by atoms with E-state index in [1.165, 1.54) is 12.1 Å². The van der Waals surface area contributed by atoms with E-state index in [-0.39, 0.29) is 17.5 Å². The van der Waals surface area contributed by atoms with E-state index in [4.69, 9.17) is 5.84 Å². The molecule has 0 aliphatic heterocycles. The van der Waals surface area contributed by atoms with E-state index in [9.17, 15) is 10.1 Å². The molecule has 0 spiro atoms. The van der Waals surface area contributed by atoms with Crippen molar-refractivity contribution in [1.29, 1.82) is 0 Å². The number of nitrogens with zero attached hydrogens (tertiary/aromatic N) is 2. The molecule has 2 heterocycles. The normalized spacial score (nSPS) is 11.9. The first-order valence-electron chi connectivity index (χ1n) is 5.54. The van der Waals surface area contributed by atoms with Gasteiger partial charge in [0.1, 0.15) is 5.82 Å². The molecule has 0 saturated heterocycles. The zero-order chi connectivity index (χ0) is 13.8. The molecule has 2 aromatic heterocycles. The molecule has 0 amide bonds. The van der Waals surface area contributed by atoms with Gasteiger partial charge in [-0.15, -0.1) is 11.3 Å². The van der Waals surface area contributed by atoms with Crippen LogP contribution in [0.1, 0.15) is 17.8 Å². The number of anilines is 2. The third-order valence-electron chi connectivity index (χ3n) is 2.54. The van der Waals surface area contributed by atoms with Gasteiger partial charge in [-0.25, -0.2) is 10.8 Å². The average Bonchev–Trinajstić information content (AvgIpc) is 2.92. The molecule has 1 unspecified atom stereocenters. The van der Waals surface area contributed by atoms with Crippen LogP contribution in [0.4, 0.5) is 17.3 Å². The Balaban J connectivity index is 2.29. The Morgan fingerprint density at radius 1 is 1.47 bits per heavy atom. The van der Waals surface area contributed by atoms with Crippen molar-refractivity contribution in [2.45, 2.75) is 13.0 Å². The molecule has 100 valence electrons. The number of aromatic nitrogens is 1. The highest BCUT2D eigenvalue weighted by molar-refractivity contribution is 7.10. The number of nitro groups is 1. The van der Waals surface area contributed by atoms with Crippen LogP contribution in [0.2, 0.25) is 0 Å². The smallest absolute Gasteiger partial charge is 0.311 e. The summed E-state index contributed by atoms with van der Waals surface area (Å²) in [5, 5.41) is 15.9. The summed E-state index contributed by atoms with van der Waals surface area (Å²) in [4.78, 5) is 15.6. The maximum Gasteiger partial charge on any atom is 0.311 e. The van der Waals surface area contributed by atoms with Crippen molar-refractivity contribution in [3.8, 4) is 0 Å².